The summed E-state index contributed by atoms with van der Waals surface area (Å²) in [6, 6.07) is 17.3. The molecule has 9 nitrogen and oxygen atoms in total. The number of hydrogen-bond acceptors (Lipinski definition) is 6. The number of halogens is 1. The largest absolute Gasteiger partial charge is 0.497 e. The molecule has 1 fully saturated rings. The highest BCUT2D eigenvalue weighted by Crippen LogP contribution is 2.27. The van der Waals surface area contributed by atoms with Crippen LogP contribution < -0.4 is 14.4 Å². The van der Waals surface area contributed by atoms with Gasteiger partial charge in [-0.1, -0.05) is 24.3 Å². The van der Waals surface area contributed by atoms with E-state index in [-0.39, 0.29) is 27.7 Å². The van der Waals surface area contributed by atoms with Gasteiger partial charge in [0.1, 0.15) is 18.1 Å². The molecule has 0 aromatic heterocycles. The van der Waals surface area contributed by atoms with Crippen LogP contribution in [0.1, 0.15) is 10.4 Å². The van der Waals surface area contributed by atoms with Gasteiger partial charge in [0, 0.05) is 13.1 Å². The SMILES string of the molecule is COc1ccc(S(=O)(=O)N(CC(=O)Nc2ccccc2C(=O)N2CCOCC2)c2ccccc2F)cc1. The summed E-state index contributed by atoms with van der Waals surface area (Å²) < 4.78 is 52.9. The van der Waals surface area contributed by atoms with E-state index in [1.807, 2.05) is 0 Å². The Kier molecular flexibility index (Phi) is 8.04. The first-order valence-electron chi connectivity index (χ1n) is 11.5. The van der Waals surface area contributed by atoms with E-state index in [1.54, 1.807) is 29.2 Å². The third kappa shape index (κ3) is 5.89. The molecule has 37 heavy (non-hydrogen) atoms. The summed E-state index contributed by atoms with van der Waals surface area (Å²) in [6.45, 7) is 0.947. The number of rotatable bonds is 8. The molecule has 0 saturated carbocycles. The first-order valence-corrected chi connectivity index (χ1v) is 12.9. The van der Waals surface area contributed by atoms with E-state index < -0.39 is 28.3 Å². The second-order valence-electron chi connectivity index (χ2n) is 8.14. The Labute approximate surface area is 214 Å². The zero-order valence-electron chi connectivity index (χ0n) is 20.1. The predicted octanol–water partition coefficient (Wildman–Crippen LogP) is 3.14. The minimum absolute atomic E-state index is 0.146. The number of carbonyl (C=O) groups excluding carboxylic acids is 2. The van der Waals surface area contributed by atoms with Crippen molar-refractivity contribution in [3.8, 4) is 5.75 Å². The summed E-state index contributed by atoms with van der Waals surface area (Å²) in [5.74, 6) is -1.40. The fraction of sp³-hybridized carbons (Fsp3) is 0.231. The molecule has 0 aliphatic carbocycles. The number of benzene rings is 3. The van der Waals surface area contributed by atoms with Crippen LogP contribution in [0.15, 0.2) is 77.7 Å². The van der Waals surface area contributed by atoms with Gasteiger partial charge in [0.15, 0.2) is 0 Å². The third-order valence-corrected chi connectivity index (χ3v) is 7.56. The quantitative estimate of drug-likeness (QED) is 0.483. The summed E-state index contributed by atoms with van der Waals surface area (Å²) in [6.07, 6.45) is 0. The summed E-state index contributed by atoms with van der Waals surface area (Å²) in [5.41, 5.74) is 0.193. The van der Waals surface area contributed by atoms with E-state index in [1.165, 1.54) is 49.6 Å². The van der Waals surface area contributed by atoms with Crippen LogP contribution in [0.3, 0.4) is 0 Å². The molecule has 1 N–H and O–H groups in total. The number of hydrogen-bond donors (Lipinski definition) is 1. The molecule has 1 aliphatic heterocycles. The zero-order chi connectivity index (χ0) is 26.4. The van der Waals surface area contributed by atoms with Crippen LogP contribution in [0.25, 0.3) is 0 Å². The van der Waals surface area contributed by atoms with Crippen molar-refractivity contribution in [1.82, 2.24) is 4.90 Å². The molecule has 1 aliphatic rings. The van der Waals surface area contributed by atoms with Gasteiger partial charge in [0.2, 0.25) is 5.91 Å². The molecule has 194 valence electrons. The number of anilines is 2. The number of nitrogens with zero attached hydrogens (tertiary/aromatic N) is 2. The zero-order valence-corrected chi connectivity index (χ0v) is 20.9. The third-order valence-electron chi connectivity index (χ3n) is 5.79. The summed E-state index contributed by atoms with van der Waals surface area (Å²) in [5, 5.41) is 2.63. The van der Waals surface area contributed by atoms with Crippen LogP contribution in [0, 0.1) is 5.82 Å². The molecule has 3 aromatic rings. The van der Waals surface area contributed by atoms with Crippen molar-refractivity contribution < 1.29 is 31.9 Å². The van der Waals surface area contributed by atoms with Crippen molar-refractivity contribution in [2.24, 2.45) is 0 Å². The van der Waals surface area contributed by atoms with Crippen LogP contribution in [0.4, 0.5) is 15.8 Å². The Balaban J connectivity index is 1.62. The fourth-order valence-corrected chi connectivity index (χ4v) is 5.29. The standard InChI is InChI=1S/C26H26FN3O6S/c1-35-19-10-12-20(13-11-19)37(33,34)30(24-9-5-3-7-22(24)27)18-25(31)28-23-8-4-2-6-21(23)26(32)29-14-16-36-17-15-29/h2-13H,14-18H2,1H3,(H,28,31). The van der Waals surface area contributed by atoms with Gasteiger partial charge in [-0.05, 0) is 48.5 Å². The van der Waals surface area contributed by atoms with Crippen molar-refractivity contribution in [2.75, 3.05) is 49.6 Å². The van der Waals surface area contributed by atoms with E-state index in [2.05, 4.69) is 5.32 Å². The second kappa shape index (κ2) is 11.4. The lowest BCUT2D eigenvalue weighted by Crippen LogP contribution is -2.41. The number of para-hydroxylation sites is 2. The van der Waals surface area contributed by atoms with Gasteiger partial charge in [-0.3, -0.25) is 13.9 Å². The van der Waals surface area contributed by atoms with Gasteiger partial charge < -0.3 is 19.7 Å². The highest BCUT2D eigenvalue weighted by Gasteiger charge is 2.30. The summed E-state index contributed by atoms with van der Waals surface area (Å²) in [4.78, 5) is 27.6. The number of ether oxygens (including phenoxy) is 2. The van der Waals surface area contributed by atoms with Crippen molar-refractivity contribution in [2.45, 2.75) is 4.90 Å². The van der Waals surface area contributed by atoms with Crippen molar-refractivity contribution in [1.29, 1.82) is 0 Å². The minimum atomic E-state index is -4.34. The molecule has 0 spiro atoms. The number of morpholine rings is 1. The van der Waals surface area contributed by atoms with Crippen LogP contribution in [-0.4, -0.2) is 65.1 Å². The van der Waals surface area contributed by atoms with Crippen LogP contribution >= 0.6 is 0 Å². The van der Waals surface area contributed by atoms with Gasteiger partial charge in [-0.25, -0.2) is 12.8 Å². The Morgan fingerprint density at radius 2 is 1.65 bits per heavy atom. The number of methoxy groups -OCH3 is 1. The maximum absolute atomic E-state index is 14.7. The molecule has 0 unspecified atom stereocenters. The minimum Gasteiger partial charge on any atom is -0.497 e. The lowest BCUT2D eigenvalue weighted by atomic mass is 10.1. The molecular formula is C26H26FN3O6S. The van der Waals surface area contributed by atoms with Gasteiger partial charge in [-0.15, -0.1) is 0 Å². The lowest BCUT2D eigenvalue weighted by Gasteiger charge is -2.28. The Morgan fingerprint density at radius 1 is 1.00 bits per heavy atom. The Bertz CT molecular complexity index is 1380. The topological polar surface area (TPSA) is 105 Å². The van der Waals surface area contributed by atoms with Gasteiger partial charge in [0.25, 0.3) is 15.9 Å². The number of sulfonamides is 1. The monoisotopic (exact) mass is 527 g/mol. The molecule has 1 heterocycles. The molecule has 2 amide bonds. The van der Waals surface area contributed by atoms with Crippen LogP contribution in [-0.2, 0) is 19.6 Å². The fourth-order valence-electron chi connectivity index (χ4n) is 3.86. The number of carbonyl (C=O) groups is 2. The van der Waals surface area contributed by atoms with Gasteiger partial charge in [-0.2, -0.15) is 0 Å². The van der Waals surface area contributed by atoms with E-state index in [0.717, 1.165) is 6.07 Å². The second-order valence-corrected chi connectivity index (χ2v) is 10.00. The predicted molar refractivity (Wildman–Crippen MR) is 136 cm³/mol. The average molecular weight is 528 g/mol. The molecule has 0 bridgehead atoms. The molecule has 3 aromatic carbocycles. The summed E-state index contributed by atoms with van der Waals surface area (Å²) in [7, 11) is -2.90. The number of nitrogens with one attached hydrogen (secondary N) is 1. The Hall–Kier alpha value is -3.96. The highest BCUT2D eigenvalue weighted by molar-refractivity contribution is 7.92. The molecule has 0 radical (unpaired) electrons. The first kappa shape index (κ1) is 26.1. The van der Waals surface area contributed by atoms with Crippen molar-refractivity contribution in [3.63, 3.8) is 0 Å². The van der Waals surface area contributed by atoms with E-state index >= 15 is 0 Å². The van der Waals surface area contributed by atoms with Gasteiger partial charge in [0.05, 0.1) is 42.2 Å². The maximum Gasteiger partial charge on any atom is 0.264 e. The molecule has 1 saturated heterocycles. The van der Waals surface area contributed by atoms with Crippen molar-refractivity contribution in [3.05, 3.63) is 84.2 Å². The van der Waals surface area contributed by atoms with Crippen LogP contribution in [0.2, 0.25) is 0 Å². The normalized spacial score (nSPS) is 13.6. The first-order chi connectivity index (χ1) is 17.8. The molecular weight excluding hydrogens is 501 g/mol. The van der Waals surface area contributed by atoms with E-state index in [9.17, 15) is 22.4 Å². The van der Waals surface area contributed by atoms with Gasteiger partial charge >= 0.3 is 0 Å². The molecule has 4 rings (SSSR count). The van der Waals surface area contributed by atoms with Crippen LogP contribution in [0.5, 0.6) is 5.75 Å². The maximum atomic E-state index is 14.7. The smallest absolute Gasteiger partial charge is 0.264 e. The molecule has 0 atom stereocenters. The van der Waals surface area contributed by atoms with Crippen molar-refractivity contribution >= 4 is 33.2 Å². The average Bonchev–Trinajstić information content (AvgIpc) is 2.92. The summed E-state index contributed by atoms with van der Waals surface area (Å²) >= 11 is 0. The molecule has 11 heteroatoms. The van der Waals surface area contributed by atoms with E-state index in [4.69, 9.17) is 9.47 Å². The Morgan fingerprint density at radius 3 is 2.32 bits per heavy atom. The highest BCUT2D eigenvalue weighted by atomic mass is 32.2. The lowest BCUT2D eigenvalue weighted by molar-refractivity contribution is -0.114. The van der Waals surface area contributed by atoms with E-state index in [0.29, 0.717) is 36.4 Å². The number of amides is 2.